The van der Waals surface area contributed by atoms with E-state index in [0.29, 0.717) is 25.3 Å². The summed E-state index contributed by atoms with van der Waals surface area (Å²) < 4.78 is 5.36. The highest BCUT2D eigenvalue weighted by molar-refractivity contribution is 5.94. The number of benzene rings is 2. The minimum atomic E-state index is -0.240. The van der Waals surface area contributed by atoms with E-state index in [-0.39, 0.29) is 24.3 Å². The number of nitrogens with one attached hydrogen (secondary N) is 2. The normalized spacial score (nSPS) is 11.6. The lowest BCUT2D eigenvalue weighted by molar-refractivity contribution is -0.121. The van der Waals surface area contributed by atoms with E-state index >= 15 is 0 Å². The van der Waals surface area contributed by atoms with Crippen molar-refractivity contribution < 1.29 is 14.3 Å². The predicted molar refractivity (Wildman–Crippen MR) is 102 cm³/mol. The summed E-state index contributed by atoms with van der Waals surface area (Å²) in [6, 6.07) is 16.7. The zero-order chi connectivity index (χ0) is 18.8. The molecule has 0 aromatic heterocycles. The molecular weight excluding hydrogens is 328 g/mol. The molecule has 0 spiro atoms. The summed E-state index contributed by atoms with van der Waals surface area (Å²) in [4.78, 5) is 24.1. The van der Waals surface area contributed by atoms with Gasteiger partial charge in [-0.05, 0) is 37.1 Å². The summed E-state index contributed by atoms with van der Waals surface area (Å²) in [7, 11) is 0. The van der Waals surface area contributed by atoms with Gasteiger partial charge in [-0.1, -0.05) is 42.5 Å². The first kappa shape index (κ1) is 19.7. The van der Waals surface area contributed by atoms with Crippen LogP contribution in [0.3, 0.4) is 0 Å². The second-order valence-electron chi connectivity index (χ2n) is 6.18. The largest absolute Gasteiger partial charge is 0.377 e. The van der Waals surface area contributed by atoms with Crippen molar-refractivity contribution in [1.82, 2.24) is 10.6 Å². The Morgan fingerprint density at radius 3 is 2.31 bits per heavy atom. The van der Waals surface area contributed by atoms with Gasteiger partial charge in [0, 0.05) is 31.2 Å². The fraction of sp³-hybridized carbons (Fsp3) is 0.333. The van der Waals surface area contributed by atoms with Gasteiger partial charge in [-0.2, -0.15) is 0 Å². The van der Waals surface area contributed by atoms with Gasteiger partial charge in [0.25, 0.3) is 5.91 Å². The molecule has 0 saturated heterocycles. The first-order chi connectivity index (χ1) is 12.6. The molecule has 2 amide bonds. The molecule has 0 aliphatic heterocycles. The van der Waals surface area contributed by atoms with Gasteiger partial charge in [-0.15, -0.1) is 0 Å². The smallest absolute Gasteiger partial charge is 0.251 e. The van der Waals surface area contributed by atoms with Crippen LogP contribution in [0.5, 0.6) is 0 Å². The molecule has 0 radical (unpaired) electrons. The third kappa shape index (κ3) is 6.69. The van der Waals surface area contributed by atoms with Gasteiger partial charge < -0.3 is 15.4 Å². The Hall–Kier alpha value is -2.66. The number of rotatable bonds is 9. The molecule has 0 fully saturated rings. The second-order valence-corrected chi connectivity index (χ2v) is 6.18. The van der Waals surface area contributed by atoms with Gasteiger partial charge >= 0.3 is 0 Å². The lowest BCUT2D eigenvalue weighted by Crippen LogP contribution is -2.37. The van der Waals surface area contributed by atoms with Crippen molar-refractivity contribution in [2.45, 2.75) is 39.5 Å². The zero-order valence-electron chi connectivity index (χ0n) is 15.3. The standard InChI is InChI=1S/C21H26N2O3/c1-3-26-15-18-11-9-17(10-12-18)14-22-20(24)13-16(2)23-21(25)19-7-5-4-6-8-19/h4-12,16H,3,13-15H2,1-2H3,(H,22,24)(H,23,25). The highest BCUT2D eigenvalue weighted by Crippen LogP contribution is 2.06. The van der Waals surface area contributed by atoms with E-state index in [1.165, 1.54) is 0 Å². The molecule has 0 aliphatic rings. The first-order valence-electron chi connectivity index (χ1n) is 8.86. The number of carbonyl (C=O) groups excluding carboxylic acids is 2. The van der Waals surface area contributed by atoms with Gasteiger partial charge in [0.2, 0.25) is 5.91 Å². The van der Waals surface area contributed by atoms with E-state index in [4.69, 9.17) is 4.74 Å². The number of hydrogen-bond donors (Lipinski definition) is 2. The van der Waals surface area contributed by atoms with E-state index < -0.39 is 0 Å². The number of carbonyl (C=O) groups is 2. The van der Waals surface area contributed by atoms with E-state index in [1.807, 2.05) is 56.3 Å². The van der Waals surface area contributed by atoms with Crippen LogP contribution < -0.4 is 10.6 Å². The fourth-order valence-corrected chi connectivity index (χ4v) is 2.47. The molecular formula is C21H26N2O3. The Morgan fingerprint density at radius 2 is 1.65 bits per heavy atom. The number of hydrogen-bond acceptors (Lipinski definition) is 3. The van der Waals surface area contributed by atoms with Crippen LogP contribution in [-0.2, 0) is 22.7 Å². The molecule has 0 saturated carbocycles. The van der Waals surface area contributed by atoms with Crippen molar-refractivity contribution in [1.29, 1.82) is 0 Å². The minimum absolute atomic E-state index is 0.0933. The van der Waals surface area contributed by atoms with Gasteiger partial charge in [0.15, 0.2) is 0 Å². The molecule has 2 rings (SSSR count). The lowest BCUT2D eigenvalue weighted by Gasteiger charge is -2.14. The minimum Gasteiger partial charge on any atom is -0.377 e. The van der Waals surface area contributed by atoms with Crippen molar-refractivity contribution in [2.24, 2.45) is 0 Å². The van der Waals surface area contributed by atoms with Crippen LogP contribution in [-0.4, -0.2) is 24.5 Å². The van der Waals surface area contributed by atoms with Crippen molar-refractivity contribution in [3.8, 4) is 0 Å². The van der Waals surface area contributed by atoms with E-state index in [2.05, 4.69) is 10.6 Å². The quantitative estimate of drug-likeness (QED) is 0.727. The average molecular weight is 354 g/mol. The van der Waals surface area contributed by atoms with Gasteiger partial charge in [-0.3, -0.25) is 9.59 Å². The predicted octanol–water partition coefficient (Wildman–Crippen LogP) is 3.05. The number of amides is 2. The third-order valence-electron chi connectivity index (χ3n) is 3.89. The Kier molecular flexibility index (Phi) is 7.83. The van der Waals surface area contributed by atoms with Crippen LogP contribution in [0.15, 0.2) is 54.6 Å². The molecule has 0 bridgehead atoms. The van der Waals surface area contributed by atoms with Crippen LogP contribution in [0, 0.1) is 0 Å². The maximum absolute atomic E-state index is 12.1. The molecule has 1 unspecified atom stereocenters. The molecule has 26 heavy (non-hydrogen) atoms. The summed E-state index contributed by atoms with van der Waals surface area (Å²) in [6.07, 6.45) is 0.237. The first-order valence-corrected chi connectivity index (χ1v) is 8.86. The van der Waals surface area contributed by atoms with Crippen LogP contribution in [0.1, 0.15) is 41.8 Å². The monoisotopic (exact) mass is 354 g/mol. The topological polar surface area (TPSA) is 67.4 Å². The Bertz CT molecular complexity index is 699. The lowest BCUT2D eigenvalue weighted by atomic mass is 10.1. The summed E-state index contributed by atoms with van der Waals surface area (Å²) >= 11 is 0. The van der Waals surface area contributed by atoms with E-state index in [0.717, 1.165) is 11.1 Å². The summed E-state index contributed by atoms with van der Waals surface area (Å²) in [5.74, 6) is -0.264. The van der Waals surface area contributed by atoms with Crippen LogP contribution >= 0.6 is 0 Å². The van der Waals surface area contributed by atoms with Crippen LogP contribution in [0.25, 0.3) is 0 Å². The maximum Gasteiger partial charge on any atom is 0.251 e. The van der Waals surface area contributed by atoms with Crippen LogP contribution in [0.2, 0.25) is 0 Å². The fourth-order valence-electron chi connectivity index (χ4n) is 2.47. The Balaban J connectivity index is 1.73. The van der Waals surface area contributed by atoms with Crippen molar-refractivity contribution >= 4 is 11.8 Å². The molecule has 138 valence electrons. The molecule has 0 heterocycles. The molecule has 5 heteroatoms. The molecule has 5 nitrogen and oxygen atoms in total. The van der Waals surface area contributed by atoms with Crippen molar-refractivity contribution in [2.75, 3.05) is 6.61 Å². The van der Waals surface area contributed by atoms with Gasteiger partial charge in [-0.25, -0.2) is 0 Å². The van der Waals surface area contributed by atoms with Gasteiger partial charge in [0.1, 0.15) is 0 Å². The maximum atomic E-state index is 12.1. The van der Waals surface area contributed by atoms with Crippen LogP contribution in [0.4, 0.5) is 0 Å². The Labute approximate surface area is 154 Å². The third-order valence-corrected chi connectivity index (χ3v) is 3.89. The molecule has 2 aromatic rings. The molecule has 0 aliphatic carbocycles. The number of ether oxygens (including phenoxy) is 1. The molecule has 2 N–H and O–H groups in total. The van der Waals surface area contributed by atoms with Gasteiger partial charge in [0.05, 0.1) is 6.61 Å². The van der Waals surface area contributed by atoms with E-state index in [9.17, 15) is 9.59 Å². The summed E-state index contributed by atoms with van der Waals surface area (Å²) in [6.45, 7) is 5.54. The summed E-state index contributed by atoms with van der Waals surface area (Å²) in [5.41, 5.74) is 2.73. The zero-order valence-corrected chi connectivity index (χ0v) is 15.3. The highest BCUT2D eigenvalue weighted by atomic mass is 16.5. The summed E-state index contributed by atoms with van der Waals surface area (Å²) in [5, 5.41) is 5.72. The van der Waals surface area contributed by atoms with E-state index in [1.54, 1.807) is 12.1 Å². The van der Waals surface area contributed by atoms with Crippen molar-refractivity contribution in [3.05, 3.63) is 71.3 Å². The SMILES string of the molecule is CCOCc1ccc(CNC(=O)CC(C)NC(=O)c2ccccc2)cc1. The second kappa shape index (κ2) is 10.4. The molecule has 2 aromatic carbocycles. The Morgan fingerprint density at radius 1 is 1.00 bits per heavy atom. The van der Waals surface area contributed by atoms with Crippen molar-refractivity contribution in [3.63, 3.8) is 0 Å². The molecule has 1 atom stereocenters. The average Bonchev–Trinajstić information content (AvgIpc) is 2.66. The highest BCUT2D eigenvalue weighted by Gasteiger charge is 2.13.